The SMILES string of the molecule is Cc1cc(F)cc(C)c1S(=O)(=O)N(C)Cc1ccco1. The standard InChI is InChI=1S/C14H16FNO3S/c1-10-7-12(15)8-11(2)14(10)20(17,18)16(3)9-13-5-4-6-19-13/h4-8H,9H2,1-3H3. The smallest absolute Gasteiger partial charge is 0.243 e. The Morgan fingerprint density at radius 1 is 1.25 bits per heavy atom. The number of halogens is 1. The normalized spacial score (nSPS) is 12.1. The first-order valence-electron chi connectivity index (χ1n) is 6.08. The number of sulfonamides is 1. The third-order valence-electron chi connectivity index (χ3n) is 3.05. The zero-order valence-corrected chi connectivity index (χ0v) is 12.4. The van der Waals surface area contributed by atoms with Gasteiger partial charge in [0.15, 0.2) is 0 Å². The third-order valence-corrected chi connectivity index (χ3v) is 5.16. The second-order valence-electron chi connectivity index (χ2n) is 4.71. The van der Waals surface area contributed by atoms with Crippen LogP contribution in [0.1, 0.15) is 16.9 Å². The molecule has 0 radical (unpaired) electrons. The molecule has 0 spiro atoms. The summed E-state index contributed by atoms with van der Waals surface area (Å²) in [6, 6.07) is 5.85. The van der Waals surface area contributed by atoms with Crippen molar-refractivity contribution in [1.29, 1.82) is 0 Å². The zero-order valence-electron chi connectivity index (χ0n) is 11.6. The summed E-state index contributed by atoms with van der Waals surface area (Å²) in [4.78, 5) is 0.146. The Kier molecular flexibility index (Phi) is 3.96. The fourth-order valence-corrected chi connectivity index (χ4v) is 3.71. The predicted molar refractivity (Wildman–Crippen MR) is 73.2 cm³/mol. The van der Waals surface area contributed by atoms with E-state index in [1.807, 2.05) is 0 Å². The van der Waals surface area contributed by atoms with E-state index >= 15 is 0 Å². The van der Waals surface area contributed by atoms with Gasteiger partial charge in [-0.05, 0) is 49.2 Å². The van der Waals surface area contributed by atoms with Gasteiger partial charge >= 0.3 is 0 Å². The molecule has 1 aromatic heterocycles. The average molecular weight is 297 g/mol. The minimum absolute atomic E-state index is 0.131. The van der Waals surface area contributed by atoms with E-state index in [2.05, 4.69) is 0 Å². The molecule has 1 heterocycles. The van der Waals surface area contributed by atoms with Gasteiger partial charge in [-0.3, -0.25) is 0 Å². The Morgan fingerprint density at radius 2 is 1.85 bits per heavy atom. The highest BCUT2D eigenvalue weighted by Crippen LogP contribution is 2.25. The van der Waals surface area contributed by atoms with Crippen LogP contribution in [-0.4, -0.2) is 19.8 Å². The van der Waals surface area contributed by atoms with E-state index in [9.17, 15) is 12.8 Å². The molecule has 0 fully saturated rings. The van der Waals surface area contributed by atoms with Crippen LogP contribution in [0, 0.1) is 19.7 Å². The van der Waals surface area contributed by atoms with Crippen molar-refractivity contribution in [2.24, 2.45) is 0 Å². The van der Waals surface area contributed by atoms with E-state index in [0.717, 1.165) is 0 Å². The van der Waals surface area contributed by atoms with E-state index in [0.29, 0.717) is 16.9 Å². The second kappa shape index (κ2) is 5.38. The highest BCUT2D eigenvalue weighted by atomic mass is 32.2. The molecule has 20 heavy (non-hydrogen) atoms. The molecule has 2 aromatic rings. The summed E-state index contributed by atoms with van der Waals surface area (Å²) in [6.45, 7) is 3.30. The molecule has 108 valence electrons. The van der Waals surface area contributed by atoms with Gasteiger partial charge in [0.05, 0.1) is 17.7 Å². The summed E-state index contributed by atoms with van der Waals surface area (Å²) in [7, 11) is -2.21. The Bertz CT molecular complexity index is 685. The van der Waals surface area contributed by atoms with E-state index in [1.165, 1.54) is 29.7 Å². The summed E-state index contributed by atoms with van der Waals surface area (Å²) < 4.78 is 44.8. The van der Waals surface area contributed by atoms with Gasteiger partial charge in [0, 0.05) is 7.05 Å². The zero-order chi connectivity index (χ0) is 14.9. The molecule has 0 aliphatic heterocycles. The van der Waals surface area contributed by atoms with Gasteiger partial charge in [-0.15, -0.1) is 0 Å². The first-order valence-corrected chi connectivity index (χ1v) is 7.52. The van der Waals surface area contributed by atoms with Gasteiger partial charge in [-0.25, -0.2) is 12.8 Å². The maximum absolute atomic E-state index is 13.3. The van der Waals surface area contributed by atoms with Crippen LogP contribution >= 0.6 is 0 Å². The number of aryl methyl sites for hydroxylation is 2. The van der Waals surface area contributed by atoms with E-state index < -0.39 is 15.8 Å². The number of nitrogens with zero attached hydrogens (tertiary/aromatic N) is 1. The molecular formula is C14H16FNO3S. The molecule has 0 saturated carbocycles. The maximum atomic E-state index is 13.3. The molecule has 0 unspecified atom stereocenters. The van der Waals surface area contributed by atoms with E-state index in [4.69, 9.17) is 4.42 Å². The molecule has 0 amide bonds. The van der Waals surface area contributed by atoms with Gasteiger partial charge in [0.25, 0.3) is 0 Å². The summed E-state index contributed by atoms with van der Waals surface area (Å²) in [5.41, 5.74) is 0.794. The fraction of sp³-hybridized carbons (Fsp3) is 0.286. The highest BCUT2D eigenvalue weighted by Gasteiger charge is 2.26. The second-order valence-corrected chi connectivity index (χ2v) is 6.69. The minimum Gasteiger partial charge on any atom is -0.468 e. The van der Waals surface area contributed by atoms with E-state index in [-0.39, 0.29) is 11.4 Å². The van der Waals surface area contributed by atoms with Crippen molar-refractivity contribution in [2.45, 2.75) is 25.3 Å². The fourth-order valence-electron chi connectivity index (χ4n) is 2.17. The summed E-state index contributed by atoms with van der Waals surface area (Å²) >= 11 is 0. The van der Waals surface area contributed by atoms with Crippen LogP contribution in [0.15, 0.2) is 39.8 Å². The van der Waals surface area contributed by atoms with Crippen molar-refractivity contribution in [2.75, 3.05) is 7.05 Å². The summed E-state index contributed by atoms with van der Waals surface area (Å²) in [5, 5.41) is 0. The lowest BCUT2D eigenvalue weighted by atomic mass is 10.1. The van der Waals surface area contributed by atoms with Crippen molar-refractivity contribution in [3.8, 4) is 0 Å². The molecule has 1 aromatic carbocycles. The molecule has 0 atom stereocenters. The third kappa shape index (κ3) is 2.76. The van der Waals surface area contributed by atoms with Crippen molar-refractivity contribution < 1.29 is 17.2 Å². The predicted octanol–water partition coefficient (Wildman–Crippen LogP) is 2.86. The lowest BCUT2D eigenvalue weighted by Gasteiger charge is -2.19. The van der Waals surface area contributed by atoms with Crippen LogP contribution in [0.2, 0.25) is 0 Å². The molecule has 4 nitrogen and oxygen atoms in total. The molecule has 0 N–H and O–H groups in total. The van der Waals surface area contributed by atoms with Crippen molar-refractivity contribution in [3.05, 3.63) is 53.2 Å². The first kappa shape index (κ1) is 14.7. The average Bonchev–Trinajstić information content (AvgIpc) is 2.79. The quantitative estimate of drug-likeness (QED) is 0.872. The number of hydrogen-bond donors (Lipinski definition) is 0. The van der Waals surface area contributed by atoms with Gasteiger partial charge in [-0.1, -0.05) is 0 Å². The van der Waals surface area contributed by atoms with Crippen molar-refractivity contribution in [1.82, 2.24) is 4.31 Å². The molecule has 0 aliphatic carbocycles. The van der Waals surface area contributed by atoms with Gasteiger partial charge in [-0.2, -0.15) is 4.31 Å². The molecule has 6 heteroatoms. The maximum Gasteiger partial charge on any atom is 0.243 e. The first-order chi connectivity index (χ1) is 9.32. The number of furan rings is 1. The highest BCUT2D eigenvalue weighted by molar-refractivity contribution is 7.89. The lowest BCUT2D eigenvalue weighted by Crippen LogP contribution is -2.27. The monoisotopic (exact) mass is 297 g/mol. The molecular weight excluding hydrogens is 281 g/mol. The van der Waals surface area contributed by atoms with E-state index in [1.54, 1.807) is 26.0 Å². The van der Waals surface area contributed by atoms with Crippen LogP contribution < -0.4 is 0 Å². The van der Waals surface area contributed by atoms with Crippen LogP contribution in [0.4, 0.5) is 4.39 Å². The van der Waals surface area contributed by atoms with Crippen LogP contribution in [0.5, 0.6) is 0 Å². The van der Waals surface area contributed by atoms with Gasteiger partial charge in [0.2, 0.25) is 10.0 Å². The van der Waals surface area contributed by atoms with Crippen LogP contribution in [0.25, 0.3) is 0 Å². The Balaban J connectivity index is 2.40. The van der Waals surface area contributed by atoms with Gasteiger partial charge in [0.1, 0.15) is 11.6 Å². The topological polar surface area (TPSA) is 50.5 Å². The molecule has 0 aliphatic rings. The van der Waals surface area contributed by atoms with Crippen LogP contribution in [-0.2, 0) is 16.6 Å². The Labute approximate surface area is 117 Å². The molecule has 2 rings (SSSR count). The largest absolute Gasteiger partial charge is 0.468 e. The number of benzene rings is 1. The number of hydrogen-bond acceptors (Lipinski definition) is 3. The summed E-state index contributed by atoms with van der Waals surface area (Å²) in [5.74, 6) is 0.112. The Hall–Kier alpha value is -1.66. The summed E-state index contributed by atoms with van der Waals surface area (Å²) in [6.07, 6.45) is 1.49. The van der Waals surface area contributed by atoms with Crippen molar-refractivity contribution >= 4 is 10.0 Å². The van der Waals surface area contributed by atoms with Crippen LogP contribution in [0.3, 0.4) is 0 Å². The minimum atomic E-state index is -3.69. The molecule has 0 saturated heterocycles. The lowest BCUT2D eigenvalue weighted by molar-refractivity contribution is 0.406. The Morgan fingerprint density at radius 3 is 2.35 bits per heavy atom. The van der Waals surface area contributed by atoms with Gasteiger partial charge < -0.3 is 4.42 Å². The molecule has 0 bridgehead atoms. The van der Waals surface area contributed by atoms with Crippen molar-refractivity contribution in [3.63, 3.8) is 0 Å². The number of rotatable bonds is 4.